The minimum atomic E-state index is -0.775. The highest BCUT2D eigenvalue weighted by Crippen LogP contribution is 2.11. The van der Waals surface area contributed by atoms with Crippen LogP contribution in [0.4, 0.5) is 0 Å². The first kappa shape index (κ1) is 10.6. The maximum atomic E-state index is 10.5. The van der Waals surface area contributed by atoms with Crippen LogP contribution in [0.2, 0.25) is 0 Å². The molecule has 0 saturated heterocycles. The van der Waals surface area contributed by atoms with Gasteiger partial charge in [-0.2, -0.15) is 0 Å². The van der Waals surface area contributed by atoms with Gasteiger partial charge in [-0.15, -0.1) is 5.10 Å². The van der Waals surface area contributed by atoms with E-state index in [9.17, 15) is 4.79 Å². The SMILES string of the molecule is CCC(CC(=O)O)Cn1nnnc1C. The molecule has 0 radical (unpaired) electrons. The number of hydrogen-bond acceptors (Lipinski definition) is 4. The fourth-order valence-electron chi connectivity index (χ4n) is 1.25. The molecular formula is C8H14N4O2. The summed E-state index contributed by atoms with van der Waals surface area (Å²) >= 11 is 0. The molecule has 0 aromatic carbocycles. The standard InChI is InChI=1S/C8H14N4O2/c1-3-7(4-8(13)14)5-12-6(2)9-10-11-12/h7H,3-5H2,1-2H3,(H,13,14). The van der Waals surface area contributed by atoms with E-state index in [2.05, 4.69) is 15.5 Å². The smallest absolute Gasteiger partial charge is 0.303 e. The quantitative estimate of drug-likeness (QED) is 0.744. The summed E-state index contributed by atoms with van der Waals surface area (Å²) in [6.07, 6.45) is 0.974. The number of carbonyl (C=O) groups is 1. The maximum absolute atomic E-state index is 10.5. The molecule has 0 saturated carbocycles. The highest BCUT2D eigenvalue weighted by atomic mass is 16.4. The van der Waals surface area contributed by atoms with Gasteiger partial charge < -0.3 is 5.11 Å². The van der Waals surface area contributed by atoms with E-state index in [1.807, 2.05) is 6.92 Å². The molecule has 1 aromatic heterocycles. The van der Waals surface area contributed by atoms with Crippen molar-refractivity contribution in [2.75, 3.05) is 0 Å². The van der Waals surface area contributed by atoms with Gasteiger partial charge in [-0.1, -0.05) is 13.3 Å². The molecule has 1 unspecified atom stereocenters. The Balaban J connectivity index is 2.57. The lowest BCUT2D eigenvalue weighted by atomic mass is 10.0. The molecule has 1 rings (SSSR count). The van der Waals surface area contributed by atoms with Crippen molar-refractivity contribution in [2.45, 2.75) is 33.2 Å². The first-order valence-electron chi connectivity index (χ1n) is 4.58. The topological polar surface area (TPSA) is 80.9 Å². The lowest BCUT2D eigenvalue weighted by Gasteiger charge is -2.11. The van der Waals surface area contributed by atoms with Crippen molar-refractivity contribution in [3.63, 3.8) is 0 Å². The van der Waals surface area contributed by atoms with Gasteiger partial charge in [-0.05, 0) is 23.3 Å². The predicted molar refractivity (Wildman–Crippen MR) is 48.6 cm³/mol. The largest absolute Gasteiger partial charge is 0.481 e. The zero-order valence-corrected chi connectivity index (χ0v) is 8.34. The van der Waals surface area contributed by atoms with E-state index in [0.717, 1.165) is 6.42 Å². The van der Waals surface area contributed by atoms with Crippen LogP contribution in [0.3, 0.4) is 0 Å². The summed E-state index contributed by atoms with van der Waals surface area (Å²) in [6.45, 7) is 4.34. The minimum Gasteiger partial charge on any atom is -0.481 e. The van der Waals surface area contributed by atoms with Gasteiger partial charge in [-0.25, -0.2) is 4.68 Å². The number of rotatable bonds is 5. The number of aromatic nitrogens is 4. The van der Waals surface area contributed by atoms with E-state index < -0.39 is 5.97 Å². The fraction of sp³-hybridized carbons (Fsp3) is 0.750. The summed E-state index contributed by atoms with van der Waals surface area (Å²) in [6, 6.07) is 0. The van der Waals surface area contributed by atoms with Gasteiger partial charge in [0.1, 0.15) is 5.82 Å². The summed E-state index contributed by atoms with van der Waals surface area (Å²) in [5.74, 6) is 0.0334. The van der Waals surface area contributed by atoms with Crippen molar-refractivity contribution in [1.29, 1.82) is 0 Å². The molecule has 1 N–H and O–H groups in total. The second-order valence-electron chi connectivity index (χ2n) is 3.28. The Morgan fingerprint density at radius 1 is 1.64 bits per heavy atom. The van der Waals surface area contributed by atoms with Crippen molar-refractivity contribution in [3.05, 3.63) is 5.82 Å². The second kappa shape index (κ2) is 4.69. The first-order valence-corrected chi connectivity index (χ1v) is 4.58. The van der Waals surface area contributed by atoms with Crippen LogP contribution in [-0.4, -0.2) is 31.3 Å². The lowest BCUT2D eigenvalue weighted by Crippen LogP contribution is -2.16. The van der Waals surface area contributed by atoms with E-state index in [4.69, 9.17) is 5.11 Å². The number of aryl methyl sites for hydroxylation is 1. The van der Waals surface area contributed by atoms with Gasteiger partial charge in [0.05, 0.1) is 0 Å². The Hall–Kier alpha value is -1.46. The maximum Gasteiger partial charge on any atom is 0.303 e. The molecule has 6 heteroatoms. The van der Waals surface area contributed by atoms with Crippen LogP contribution < -0.4 is 0 Å². The zero-order chi connectivity index (χ0) is 10.6. The summed E-state index contributed by atoms with van der Waals surface area (Å²) in [7, 11) is 0. The average Bonchev–Trinajstić information content (AvgIpc) is 2.50. The van der Waals surface area contributed by atoms with Crippen LogP contribution in [0, 0.1) is 12.8 Å². The molecule has 0 bridgehead atoms. The number of carboxylic acids is 1. The minimum absolute atomic E-state index is 0.0923. The van der Waals surface area contributed by atoms with E-state index >= 15 is 0 Å². The summed E-state index contributed by atoms with van der Waals surface area (Å²) in [5, 5.41) is 19.7. The van der Waals surface area contributed by atoms with Crippen LogP contribution in [0.25, 0.3) is 0 Å². The second-order valence-corrected chi connectivity index (χ2v) is 3.28. The van der Waals surface area contributed by atoms with E-state index in [-0.39, 0.29) is 12.3 Å². The molecule has 1 atom stereocenters. The third-order valence-corrected chi connectivity index (χ3v) is 2.18. The van der Waals surface area contributed by atoms with E-state index in [1.165, 1.54) is 0 Å². The van der Waals surface area contributed by atoms with Crippen molar-refractivity contribution in [1.82, 2.24) is 20.2 Å². The van der Waals surface area contributed by atoms with Crippen LogP contribution in [0.5, 0.6) is 0 Å². The molecule has 0 aliphatic rings. The van der Waals surface area contributed by atoms with Gasteiger partial charge in [0.25, 0.3) is 0 Å². The lowest BCUT2D eigenvalue weighted by molar-refractivity contribution is -0.138. The Morgan fingerprint density at radius 3 is 2.79 bits per heavy atom. The number of tetrazole rings is 1. The highest BCUT2D eigenvalue weighted by Gasteiger charge is 2.13. The van der Waals surface area contributed by atoms with Crippen LogP contribution in [0.1, 0.15) is 25.6 Å². The Morgan fingerprint density at radius 2 is 2.36 bits per heavy atom. The van der Waals surface area contributed by atoms with Gasteiger partial charge in [0, 0.05) is 13.0 Å². The van der Waals surface area contributed by atoms with Gasteiger partial charge in [-0.3, -0.25) is 4.79 Å². The third-order valence-electron chi connectivity index (χ3n) is 2.18. The van der Waals surface area contributed by atoms with E-state index in [1.54, 1.807) is 11.6 Å². The third kappa shape index (κ3) is 2.79. The fourth-order valence-corrected chi connectivity index (χ4v) is 1.25. The van der Waals surface area contributed by atoms with Gasteiger partial charge in [0.2, 0.25) is 0 Å². The Kier molecular flexibility index (Phi) is 3.55. The number of carboxylic acid groups (broad SMARTS) is 1. The van der Waals surface area contributed by atoms with Crippen molar-refractivity contribution in [2.24, 2.45) is 5.92 Å². The molecule has 0 fully saturated rings. The molecule has 1 heterocycles. The molecule has 0 amide bonds. The average molecular weight is 198 g/mol. The molecular weight excluding hydrogens is 184 g/mol. The normalized spacial score (nSPS) is 12.7. The van der Waals surface area contributed by atoms with Crippen LogP contribution in [0.15, 0.2) is 0 Å². The monoisotopic (exact) mass is 198 g/mol. The van der Waals surface area contributed by atoms with Gasteiger partial charge >= 0.3 is 5.97 Å². The molecule has 0 aliphatic heterocycles. The molecule has 6 nitrogen and oxygen atoms in total. The summed E-state index contributed by atoms with van der Waals surface area (Å²) in [4.78, 5) is 10.5. The molecule has 1 aromatic rings. The van der Waals surface area contributed by atoms with Crippen molar-refractivity contribution >= 4 is 5.97 Å². The molecule has 14 heavy (non-hydrogen) atoms. The first-order chi connectivity index (χ1) is 6.63. The summed E-state index contributed by atoms with van der Waals surface area (Å²) in [5.41, 5.74) is 0. The summed E-state index contributed by atoms with van der Waals surface area (Å²) < 4.78 is 1.64. The zero-order valence-electron chi connectivity index (χ0n) is 8.34. The highest BCUT2D eigenvalue weighted by molar-refractivity contribution is 5.66. The Bertz CT molecular complexity index is 310. The van der Waals surface area contributed by atoms with Crippen LogP contribution >= 0.6 is 0 Å². The molecule has 0 aliphatic carbocycles. The van der Waals surface area contributed by atoms with Crippen LogP contribution in [-0.2, 0) is 11.3 Å². The Labute approximate surface area is 81.9 Å². The van der Waals surface area contributed by atoms with E-state index in [0.29, 0.717) is 12.4 Å². The van der Waals surface area contributed by atoms with Crippen molar-refractivity contribution < 1.29 is 9.90 Å². The predicted octanol–water partition coefficient (Wildman–Crippen LogP) is 0.482. The van der Waals surface area contributed by atoms with Gasteiger partial charge in [0.15, 0.2) is 0 Å². The number of aliphatic carboxylic acids is 1. The molecule has 78 valence electrons. The van der Waals surface area contributed by atoms with Crippen molar-refractivity contribution in [3.8, 4) is 0 Å². The molecule has 0 spiro atoms. The number of nitrogens with zero attached hydrogens (tertiary/aromatic N) is 4. The number of hydrogen-bond donors (Lipinski definition) is 1.